The van der Waals surface area contributed by atoms with Crippen LogP contribution in [0.15, 0.2) is 126 Å². The Balaban J connectivity index is 1.56. The molecule has 0 saturated heterocycles. The predicted molar refractivity (Wildman–Crippen MR) is 132 cm³/mol. The zero-order chi connectivity index (χ0) is 21.3. The van der Waals surface area contributed by atoms with E-state index >= 15 is 0 Å². The molecular formula is C29H20N2O. The monoisotopic (exact) mass is 412 g/mol. The highest BCUT2D eigenvalue weighted by Gasteiger charge is 2.19. The first-order valence-electron chi connectivity index (χ1n) is 10.6. The fraction of sp³-hybridized carbons (Fsp3) is 0. The van der Waals surface area contributed by atoms with Gasteiger partial charge in [0.05, 0.1) is 17.3 Å². The molecule has 0 saturated carbocycles. The molecule has 0 aliphatic heterocycles. The van der Waals surface area contributed by atoms with Crippen molar-refractivity contribution >= 4 is 39.0 Å². The van der Waals surface area contributed by atoms with Gasteiger partial charge in [-0.15, -0.1) is 0 Å². The highest BCUT2D eigenvalue weighted by molar-refractivity contribution is 6.13. The molecule has 32 heavy (non-hydrogen) atoms. The van der Waals surface area contributed by atoms with Gasteiger partial charge in [0.15, 0.2) is 5.58 Å². The van der Waals surface area contributed by atoms with E-state index in [1.807, 2.05) is 36.5 Å². The molecule has 0 N–H and O–H groups in total. The van der Waals surface area contributed by atoms with Crippen molar-refractivity contribution in [1.82, 2.24) is 4.98 Å². The first-order chi connectivity index (χ1) is 15.9. The SMILES string of the molecule is c1ccc(-c2ccc(N(c3ccccc3)c3cccc4oc5cnccc5c34)cc2)cc1. The maximum atomic E-state index is 6.10. The predicted octanol–water partition coefficient (Wildman–Crippen LogP) is 8.12. The van der Waals surface area contributed by atoms with Gasteiger partial charge in [0.25, 0.3) is 0 Å². The largest absolute Gasteiger partial charge is 0.454 e. The van der Waals surface area contributed by atoms with Gasteiger partial charge in [-0.1, -0.05) is 66.7 Å². The van der Waals surface area contributed by atoms with Gasteiger partial charge in [-0.2, -0.15) is 0 Å². The second-order valence-corrected chi connectivity index (χ2v) is 7.71. The Kier molecular flexibility index (Phi) is 4.43. The van der Waals surface area contributed by atoms with E-state index in [0.29, 0.717) is 0 Å². The minimum atomic E-state index is 0.794. The number of fused-ring (bicyclic) bond motifs is 3. The molecule has 6 rings (SSSR count). The molecule has 4 aromatic carbocycles. The number of rotatable bonds is 4. The van der Waals surface area contributed by atoms with Gasteiger partial charge in [0.2, 0.25) is 0 Å². The molecule has 152 valence electrons. The lowest BCUT2D eigenvalue weighted by Crippen LogP contribution is -2.10. The van der Waals surface area contributed by atoms with E-state index < -0.39 is 0 Å². The highest BCUT2D eigenvalue weighted by Crippen LogP contribution is 2.42. The number of aromatic nitrogens is 1. The fourth-order valence-electron chi connectivity index (χ4n) is 4.29. The van der Waals surface area contributed by atoms with Crippen LogP contribution < -0.4 is 4.90 Å². The van der Waals surface area contributed by atoms with E-state index in [4.69, 9.17) is 4.42 Å². The van der Waals surface area contributed by atoms with Gasteiger partial charge in [0.1, 0.15) is 5.58 Å². The van der Waals surface area contributed by atoms with E-state index in [0.717, 1.165) is 39.0 Å². The van der Waals surface area contributed by atoms with Crippen molar-refractivity contribution in [3.8, 4) is 11.1 Å². The van der Waals surface area contributed by atoms with E-state index in [1.54, 1.807) is 6.20 Å². The number of pyridine rings is 1. The van der Waals surface area contributed by atoms with Gasteiger partial charge in [-0.3, -0.25) is 4.98 Å². The van der Waals surface area contributed by atoms with Crippen molar-refractivity contribution in [2.45, 2.75) is 0 Å². The van der Waals surface area contributed by atoms with Crippen LogP contribution in [0, 0.1) is 0 Å². The molecule has 0 atom stereocenters. The van der Waals surface area contributed by atoms with Crippen molar-refractivity contribution in [2.75, 3.05) is 4.90 Å². The maximum absolute atomic E-state index is 6.10. The summed E-state index contributed by atoms with van der Waals surface area (Å²) in [6.07, 6.45) is 3.59. The van der Waals surface area contributed by atoms with Crippen LogP contribution in [0.3, 0.4) is 0 Å². The molecule has 0 unspecified atom stereocenters. The van der Waals surface area contributed by atoms with Crippen LogP contribution in [0.25, 0.3) is 33.1 Å². The summed E-state index contributed by atoms with van der Waals surface area (Å²) >= 11 is 0. The molecule has 2 heterocycles. The fourth-order valence-corrected chi connectivity index (χ4v) is 4.29. The summed E-state index contributed by atoms with van der Waals surface area (Å²) < 4.78 is 6.10. The first-order valence-corrected chi connectivity index (χ1v) is 10.6. The van der Waals surface area contributed by atoms with E-state index in [1.165, 1.54) is 11.1 Å². The van der Waals surface area contributed by atoms with E-state index in [9.17, 15) is 0 Å². The van der Waals surface area contributed by atoms with Crippen LogP contribution >= 0.6 is 0 Å². The summed E-state index contributed by atoms with van der Waals surface area (Å²) in [5, 5.41) is 2.15. The number of furan rings is 1. The lowest BCUT2D eigenvalue weighted by molar-refractivity contribution is 0.667. The van der Waals surface area contributed by atoms with Crippen molar-refractivity contribution in [3.05, 3.63) is 122 Å². The zero-order valence-electron chi connectivity index (χ0n) is 17.3. The van der Waals surface area contributed by atoms with Crippen LogP contribution in [0.4, 0.5) is 17.1 Å². The van der Waals surface area contributed by atoms with Crippen molar-refractivity contribution < 1.29 is 4.42 Å². The topological polar surface area (TPSA) is 29.3 Å². The number of benzene rings is 4. The Morgan fingerprint density at radius 1 is 0.562 bits per heavy atom. The summed E-state index contributed by atoms with van der Waals surface area (Å²) in [7, 11) is 0. The van der Waals surface area contributed by atoms with Gasteiger partial charge >= 0.3 is 0 Å². The first kappa shape index (κ1) is 18.4. The minimum Gasteiger partial charge on any atom is -0.454 e. The number of hydrogen-bond donors (Lipinski definition) is 0. The van der Waals surface area contributed by atoms with Crippen molar-refractivity contribution in [3.63, 3.8) is 0 Å². The van der Waals surface area contributed by atoms with Gasteiger partial charge in [-0.05, 0) is 53.6 Å². The molecule has 0 amide bonds. The average Bonchev–Trinajstić information content (AvgIpc) is 3.25. The summed E-state index contributed by atoms with van der Waals surface area (Å²) in [5.41, 5.74) is 7.31. The normalized spacial score (nSPS) is 11.1. The lowest BCUT2D eigenvalue weighted by atomic mass is 10.0. The second-order valence-electron chi connectivity index (χ2n) is 7.71. The van der Waals surface area contributed by atoms with Gasteiger partial charge < -0.3 is 9.32 Å². The smallest absolute Gasteiger partial charge is 0.153 e. The van der Waals surface area contributed by atoms with Crippen LogP contribution in [-0.2, 0) is 0 Å². The molecular weight excluding hydrogens is 392 g/mol. The second kappa shape index (κ2) is 7.71. The van der Waals surface area contributed by atoms with Crippen LogP contribution in [-0.4, -0.2) is 4.98 Å². The zero-order valence-corrected chi connectivity index (χ0v) is 17.3. The van der Waals surface area contributed by atoms with Gasteiger partial charge in [-0.25, -0.2) is 0 Å². The van der Waals surface area contributed by atoms with Gasteiger partial charge in [0, 0.05) is 23.0 Å². The molecule has 6 aromatic rings. The summed E-state index contributed by atoms with van der Waals surface area (Å²) in [6, 6.07) is 37.8. The highest BCUT2D eigenvalue weighted by atomic mass is 16.3. The third-order valence-corrected chi connectivity index (χ3v) is 5.77. The lowest BCUT2D eigenvalue weighted by Gasteiger charge is -2.26. The molecule has 0 aliphatic rings. The third-order valence-electron chi connectivity index (χ3n) is 5.77. The Morgan fingerprint density at radius 3 is 2.03 bits per heavy atom. The average molecular weight is 412 g/mol. The number of anilines is 3. The number of para-hydroxylation sites is 1. The number of hydrogen-bond acceptors (Lipinski definition) is 3. The quantitative estimate of drug-likeness (QED) is 0.293. The molecule has 0 spiro atoms. The van der Waals surface area contributed by atoms with Crippen LogP contribution in [0.1, 0.15) is 0 Å². The maximum Gasteiger partial charge on any atom is 0.153 e. The molecule has 0 fully saturated rings. The standard InChI is InChI=1S/C29H20N2O/c1-3-8-21(9-4-1)22-14-16-24(17-15-22)31(23-10-5-2-6-11-23)26-12-7-13-27-29(26)25-18-19-30-20-28(25)32-27/h1-20H. The molecule has 2 aromatic heterocycles. The molecule has 0 bridgehead atoms. The molecule has 0 radical (unpaired) electrons. The van der Waals surface area contributed by atoms with Crippen LogP contribution in [0.5, 0.6) is 0 Å². The van der Waals surface area contributed by atoms with Crippen molar-refractivity contribution in [2.24, 2.45) is 0 Å². The van der Waals surface area contributed by atoms with E-state index in [2.05, 4.69) is 88.7 Å². The molecule has 3 nitrogen and oxygen atoms in total. The Labute approximate surface area is 186 Å². The third kappa shape index (κ3) is 3.12. The summed E-state index contributed by atoms with van der Waals surface area (Å²) in [6.45, 7) is 0. The summed E-state index contributed by atoms with van der Waals surface area (Å²) in [5.74, 6) is 0. The molecule has 0 aliphatic carbocycles. The molecule has 3 heteroatoms. The van der Waals surface area contributed by atoms with E-state index in [-0.39, 0.29) is 0 Å². The summed E-state index contributed by atoms with van der Waals surface area (Å²) in [4.78, 5) is 6.51. The number of nitrogens with zero attached hydrogens (tertiary/aromatic N) is 2. The van der Waals surface area contributed by atoms with Crippen LogP contribution in [0.2, 0.25) is 0 Å². The minimum absolute atomic E-state index is 0.794. The van der Waals surface area contributed by atoms with Crippen molar-refractivity contribution in [1.29, 1.82) is 0 Å². The Hall–Kier alpha value is -4.37. The Bertz CT molecular complexity index is 1500. The Morgan fingerprint density at radius 2 is 1.25 bits per heavy atom.